The van der Waals surface area contributed by atoms with Crippen molar-refractivity contribution in [1.29, 1.82) is 0 Å². The second-order valence-electron chi connectivity index (χ2n) is 6.47. The zero-order chi connectivity index (χ0) is 20.6. The molecule has 0 saturated carbocycles. The number of likely N-dealkylation sites (N-methyl/N-ethyl adjacent to an activating group) is 1. The number of urea groups is 1. The van der Waals surface area contributed by atoms with Crippen LogP contribution in [0.1, 0.15) is 24.2 Å². The summed E-state index contributed by atoms with van der Waals surface area (Å²) in [6.07, 6.45) is 1.44. The average molecular weight is 415 g/mol. The number of aromatic nitrogens is 2. The van der Waals surface area contributed by atoms with Gasteiger partial charge in [-0.3, -0.25) is 0 Å². The number of ether oxygens (including phenoxy) is 1. The van der Waals surface area contributed by atoms with Crippen molar-refractivity contribution in [2.24, 2.45) is 0 Å². The molecule has 0 unspecified atom stereocenters. The highest BCUT2D eigenvalue weighted by Gasteiger charge is 2.13. The Bertz CT molecular complexity index is 943. The number of hydrogen-bond donors (Lipinski definition) is 1. The number of para-hydroxylation sites is 1. The number of rotatable bonds is 8. The smallest absolute Gasteiger partial charge is 0.321 e. The maximum absolute atomic E-state index is 12.3. The number of anilines is 1. The number of nitrogens with zero attached hydrogens (tertiary/aromatic N) is 3. The molecule has 0 spiro atoms. The van der Waals surface area contributed by atoms with Crippen LogP contribution in [-0.4, -0.2) is 34.7 Å². The lowest BCUT2D eigenvalue weighted by molar-refractivity contribution is 0.222. The molecule has 0 aliphatic heterocycles. The molecular formula is C21H23ClN4O3. The maximum atomic E-state index is 12.3. The van der Waals surface area contributed by atoms with E-state index in [2.05, 4.69) is 22.4 Å². The van der Waals surface area contributed by atoms with Crippen LogP contribution in [0.2, 0.25) is 5.02 Å². The van der Waals surface area contributed by atoms with Crippen molar-refractivity contribution >= 4 is 23.3 Å². The molecule has 1 aromatic heterocycles. The summed E-state index contributed by atoms with van der Waals surface area (Å²) in [6, 6.07) is 14.7. The number of carbonyl (C=O) groups is 1. The average Bonchev–Trinajstić information content (AvgIpc) is 3.20. The number of halogens is 1. The van der Waals surface area contributed by atoms with Crippen LogP contribution in [-0.2, 0) is 19.4 Å². The van der Waals surface area contributed by atoms with Crippen molar-refractivity contribution in [2.45, 2.75) is 26.4 Å². The van der Waals surface area contributed by atoms with Crippen molar-refractivity contribution in [1.82, 2.24) is 15.0 Å². The van der Waals surface area contributed by atoms with E-state index in [9.17, 15) is 4.79 Å². The molecule has 29 heavy (non-hydrogen) atoms. The molecule has 3 rings (SSSR count). The fraction of sp³-hybridized carbons (Fsp3) is 0.286. The number of carbonyl (C=O) groups excluding carboxylic acids is 1. The molecule has 0 aliphatic carbocycles. The number of aryl methyl sites for hydroxylation is 1. The first-order chi connectivity index (χ1) is 14.0. The summed E-state index contributed by atoms with van der Waals surface area (Å²) in [5.74, 6) is 1.66. The van der Waals surface area contributed by atoms with Crippen LogP contribution in [0, 0.1) is 0 Å². The Morgan fingerprint density at radius 2 is 1.97 bits per heavy atom. The van der Waals surface area contributed by atoms with E-state index in [1.54, 1.807) is 25.2 Å². The molecule has 2 amide bonds. The quantitative estimate of drug-likeness (QED) is 0.584. The number of amides is 2. The first kappa shape index (κ1) is 20.7. The number of benzene rings is 2. The highest BCUT2D eigenvalue weighted by atomic mass is 35.5. The van der Waals surface area contributed by atoms with Gasteiger partial charge in [-0.15, -0.1) is 0 Å². The van der Waals surface area contributed by atoms with Crippen molar-refractivity contribution in [2.75, 3.05) is 18.9 Å². The largest absolute Gasteiger partial charge is 0.484 e. The van der Waals surface area contributed by atoms with Crippen molar-refractivity contribution in [3.8, 4) is 5.75 Å². The van der Waals surface area contributed by atoms with Gasteiger partial charge in [0.25, 0.3) is 5.89 Å². The van der Waals surface area contributed by atoms with E-state index in [0.29, 0.717) is 35.4 Å². The second-order valence-corrected chi connectivity index (χ2v) is 6.88. The Balaban J connectivity index is 1.45. The topological polar surface area (TPSA) is 80.5 Å². The number of nitrogens with one attached hydrogen (secondary N) is 1. The summed E-state index contributed by atoms with van der Waals surface area (Å²) >= 11 is 6.06. The lowest BCUT2D eigenvalue weighted by atomic mass is 10.2. The third kappa shape index (κ3) is 5.96. The Kier molecular flexibility index (Phi) is 7.08. The maximum Gasteiger partial charge on any atom is 0.321 e. The van der Waals surface area contributed by atoms with Gasteiger partial charge in [0, 0.05) is 20.0 Å². The van der Waals surface area contributed by atoms with Crippen LogP contribution < -0.4 is 10.1 Å². The molecule has 0 atom stereocenters. The van der Waals surface area contributed by atoms with Crippen LogP contribution >= 0.6 is 11.6 Å². The Labute approximate surface area is 174 Å². The summed E-state index contributed by atoms with van der Waals surface area (Å²) in [7, 11) is 1.69. The Morgan fingerprint density at radius 3 is 2.69 bits per heavy atom. The highest BCUT2D eigenvalue weighted by molar-refractivity contribution is 6.33. The van der Waals surface area contributed by atoms with E-state index in [1.165, 1.54) is 10.5 Å². The molecule has 1 N–H and O–H groups in total. The minimum Gasteiger partial charge on any atom is -0.484 e. The van der Waals surface area contributed by atoms with Gasteiger partial charge in [-0.1, -0.05) is 47.9 Å². The van der Waals surface area contributed by atoms with E-state index in [1.807, 2.05) is 30.3 Å². The Morgan fingerprint density at radius 1 is 1.21 bits per heavy atom. The minimum atomic E-state index is -0.263. The summed E-state index contributed by atoms with van der Waals surface area (Å²) in [6.45, 7) is 2.73. The van der Waals surface area contributed by atoms with E-state index >= 15 is 0 Å². The third-order valence-corrected chi connectivity index (χ3v) is 4.67. The minimum absolute atomic E-state index is 0.196. The molecule has 152 valence electrons. The van der Waals surface area contributed by atoms with Gasteiger partial charge in [0.2, 0.25) is 0 Å². The predicted octanol–water partition coefficient (Wildman–Crippen LogP) is 4.57. The highest BCUT2D eigenvalue weighted by Crippen LogP contribution is 2.20. The molecular weight excluding hydrogens is 392 g/mol. The van der Waals surface area contributed by atoms with Crippen LogP contribution in [0.15, 0.2) is 53.1 Å². The third-order valence-electron chi connectivity index (χ3n) is 4.34. The molecule has 0 fully saturated rings. The fourth-order valence-electron chi connectivity index (χ4n) is 2.56. The summed E-state index contributed by atoms with van der Waals surface area (Å²) in [5, 5.41) is 7.20. The molecule has 1 heterocycles. The summed E-state index contributed by atoms with van der Waals surface area (Å²) in [4.78, 5) is 18.1. The van der Waals surface area contributed by atoms with Gasteiger partial charge in [0.1, 0.15) is 5.75 Å². The standard InChI is InChI=1S/C21H23ClN4O3/c1-3-15-8-10-16(11-9-15)28-14-20-24-19(25-29-20)12-13-26(2)21(27)23-18-7-5-4-6-17(18)22/h4-11H,3,12-14H2,1-2H3,(H,23,27). The van der Waals surface area contributed by atoms with E-state index in [4.69, 9.17) is 20.9 Å². The van der Waals surface area contributed by atoms with E-state index < -0.39 is 0 Å². The lowest BCUT2D eigenvalue weighted by Gasteiger charge is -2.17. The van der Waals surface area contributed by atoms with Crippen molar-refractivity contribution in [3.05, 3.63) is 70.8 Å². The molecule has 2 aromatic carbocycles. The number of hydrogen-bond acceptors (Lipinski definition) is 5. The molecule has 7 nitrogen and oxygen atoms in total. The molecule has 0 saturated heterocycles. The first-order valence-corrected chi connectivity index (χ1v) is 9.72. The van der Waals surface area contributed by atoms with Crippen LogP contribution in [0.3, 0.4) is 0 Å². The van der Waals surface area contributed by atoms with Crippen molar-refractivity contribution in [3.63, 3.8) is 0 Å². The zero-order valence-electron chi connectivity index (χ0n) is 16.4. The Hall–Kier alpha value is -3.06. The molecule has 8 heteroatoms. The molecule has 0 radical (unpaired) electrons. The van der Waals surface area contributed by atoms with Gasteiger partial charge < -0.3 is 19.5 Å². The van der Waals surface area contributed by atoms with Gasteiger partial charge in [0.15, 0.2) is 12.4 Å². The summed E-state index contributed by atoms with van der Waals surface area (Å²) in [5.41, 5.74) is 1.82. The zero-order valence-corrected chi connectivity index (χ0v) is 17.1. The molecule has 3 aromatic rings. The SMILES string of the molecule is CCc1ccc(OCc2nc(CCN(C)C(=O)Nc3ccccc3Cl)no2)cc1. The van der Waals surface area contributed by atoms with Crippen LogP contribution in [0.4, 0.5) is 10.5 Å². The normalized spacial score (nSPS) is 10.6. The lowest BCUT2D eigenvalue weighted by Crippen LogP contribution is -2.33. The monoisotopic (exact) mass is 414 g/mol. The van der Waals surface area contributed by atoms with Gasteiger partial charge in [-0.05, 0) is 36.2 Å². The summed E-state index contributed by atoms with van der Waals surface area (Å²) < 4.78 is 10.9. The van der Waals surface area contributed by atoms with Gasteiger partial charge in [0.05, 0.1) is 10.7 Å². The van der Waals surface area contributed by atoms with Gasteiger partial charge in [-0.2, -0.15) is 4.98 Å². The molecule has 0 bridgehead atoms. The molecule has 0 aliphatic rings. The predicted molar refractivity (Wildman–Crippen MR) is 111 cm³/mol. The van der Waals surface area contributed by atoms with E-state index in [0.717, 1.165) is 12.2 Å². The first-order valence-electron chi connectivity index (χ1n) is 9.35. The van der Waals surface area contributed by atoms with Crippen LogP contribution in [0.5, 0.6) is 5.75 Å². The van der Waals surface area contributed by atoms with Crippen molar-refractivity contribution < 1.29 is 14.1 Å². The second kappa shape index (κ2) is 9.93. The van der Waals surface area contributed by atoms with Crippen LogP contribution in [0.25, 0.3) is 0 Å². The van der Waals surface area contributed by atoms with Gasteiger partial charge in [-0.25, -0.2) is 4.79 Å². The fourth-order valence-corrected chi connectivity index (χ4v) is 2.74. The van der Waals surface area contributed by atoms with Gasteiger partial charge >= 0.3 is 6.03 Å². The van der Waals surface area contributed by atoms with E-state index in [-0.39, 0.29) is 12.6 Å².